The van der Waals surface area contributed by atoms with Crippen LogP contribution in [0.5, 0.6) is 0 Å². The first-order chi connectivity index (χ1) is 11.5. The monoisotopic (exact) mass is 347 g/mol. The van der Waals surface area contributed by atoms with E-state index in [-0.39, 0.29) is 15.7 Å². The third-order valence-electron chi connectivity index (χ3n) is 4.25. The first-order valence-corrected chi connectivity index (χ1v) is 9.42. The van der Waals surface area contributed by atoms with Crippen molar-refractivity contribution in [3.63, 3.8) is 0 Å². The molecular weight excluding hydrogens is 329 g/mol. The minimum atomic E-state index is -3.38. The van der Waals surface area contributed by atoms with Crippen LogP contribution in [-0.2, 0) is 9.84 Å². The van der Waals surface area contributed by atoms with Crippen molar-refractivity contribution in [3.8, 4) is 0 Å². The number of rotatable bonds is 4. The second-order valence-electron chi connectivity index (χ2n) is 5.94. The molecule has 0 saturated heterocycles. The van der Waals surface area contributed by atoms with Gasteiger partial charge in [0.15, 0.2) is 9.84 Å². The van der Waals surface area contributed by atoms with Crippen molar-refractivity contribution < 1.29 is 17.6 Å². The van der Waals surface area contributed by atoms with Gasteiger partial charge in [-0.15, -0.1) is 0 Å². The van der Waals surface area contributed by atoms with Crippen LogP contribution in [0.2, 0.25) is 0 Å². The van der Waals surface area contributed by atoms with Gasteiger partial charge in [-0.25, -0.2) is 12.8 Å². The Labute approximate surface area is 140 Å². The molecule has 6 heteroatoms. The Balaban J connectivity index is 1.82. The summed E-state index contributed by atoms with van der Waals surface area (Å²) in [5, 5.41) is 2.28. The minimum Gasteiger partial charge on any atom is -0.322 e. The Morgan fingerprint density at radius 1 is 1.04 bits per heavy atom. The van der Waals surface area contributed by atoms with E-state index in [2.05, 4.69) is 5.32 Å². The van der Waals surface area contributed by atoms with E-state index in [1.165, 1.54) is 24.3 Å². The molecule has 0 aliphatic heterocycles. The molecule has 1 aliphatic carbocycles. The number of nitrogens with one attached hydrogen (secondary N) is 1. The zero-order valence-electron chi connectivity index (χ0n) is 13.0. The van der Waals surface area contributed by atoms with E-state index in [1.54, 1.807) is 18.2 Å². The summed E-state index contributed by atoms with van der Waals surface area (Å²) in [6.07, 6.45) is 3.23. The minimum absolute atomic E-state index is 0.180. The van der Waals surface area contributed by atoms with Gasteiger partial charge in [0.1, 0.15) is 5.82 Å². The van der Waals surface area contributed by atoms with Crippen molar-refractivity contribution in [3.05, 3.63) is 59.9 Å². The van der Waals surface area contributed by atoms with Crippen molar-refractivity contribution in [1.29, 1.82) is 0 Å². The summed E-state index contributed by atoms with van der Waals surface area (Å²) in [4.78, 5) is 12.4. The molecule has 126 valence electrons. The highest BCUT2D eigenvalue weighted by molar-refractivity contribution is 7.92. The van der Waals surface area contributed by atoms with Crippen LogP contribution in [0.3, 0.4) is 0 Å². The molecule has 0 heterocycles. The predicted octanol–water partition coefficient (Wildman–Crippen LogP) is 3.79. The van der Waals surface area contributed by atoms with Gasteiger partial charge in [0.2, 0.25) is 0 Å². The zero-order valence-corrected chi connectivity index (χ0v) is 13.9. The molecule has 1 fully saturated rings. The van der Waals surface area contributed by atoms with Gasteiger partial charge in [0.25, 0.3) is 5.91 Å². The van der Waals surface area contributed by atoms with Crippen LogP contribution in [0, 0.1) is 5.82 Å². The van der Waals surface area contributed by atoms with Crippen molar-refractivity contribution in [1.82, 2.24) is 0 Å². The smallest absolute Gasteiger partial charge is 0.255 e. The topological polar surface area (TPSA) is 63.2 Å². The van der Waals surface area contributed by atoms with Gasteiger partial charge in [0.05, 0.1) is 10.1 Å². The number of amides is 1. The summed E-state index contributed by atoms with van der Waals surface area (Å²) in [6, 6.07) is 11.6. The maximum atomic E-state index is 13.2. The van der Waals surface area contributed by atoms with Crippen LogP contribution in [-0.4, -0.2) is 19.6 Å². The maximum absolute atomic E-state index is 13.2. The lowest BCUT2D eigenvalue weighted by Crippen LogP contribution is -2.18. The maximum Gasteiger partial charge on any atom is 0.255 e. The summed E-state index contributed by atoms with van der Waals surface area (Å²) in [5.41, 5.74) is 0.558. The van der Waals surface area contributed by atoms with Crippen LogP contribution < -0.4 is 5.32 Å². The van der Waals surface area contributed by atoms with Crippen molar-refractivity contribution in [2.45, 2.75) is 35.8 Å². The lowest BCUT2D eigenvalue weighted by Gasteiger charge is -2.12. The lowest BCUT2D eigenvalue weighted by molar-refractivity contribution is 0.102. The number of halogens is 1. The number of sulfone groups is 1. The Bertz CT molecular complexity index is 858. The molecular formula is C18H18FNO3S. The van der Waals surface area contributed by atoms with Crippen LogP contribution in [0.25, 0.3) is 0 Å². The second-order valence-corrected chi connectivity index (χ2v) is 8.17. The number of carbonyl (C=O) groups is 1. The Hall–Kier alpha value is -2.21. The first-order valence-electron chi connectivity index (χ1n) is 7.88. The SMILES string of the molecule is O=C(Nc1cccc(S(=O)(=O)C2CCCC2)c1)c1cccc(F)c1. The van der Waals surface area contributed by atoms with Gasteiger partial charge < -0.3 is 5.32 Å². The van der Waals surface area contributed by atoms with Crippen LogP contribution in [0.4, 0.5) is 10.1 Å². The van der Waals surface area contributed by atoms with Crippen LogP contribution in [0.15, 0.2) is 53.4 Å². The van der Waals surface area contributed by atoms with Crippen LogP contribution in [0.1, 0.15) is 36.0 Å². The van der Waals surface area contributed by atoms with Gasteiger partial charge in [-0.05, 0) is 49.2 Å². The average Bonchev–Trinajstić information content (AvgIpc) is 3.10. The number of hydrogen-bond donors (Lipinski definition) is 1. The fourth-order valence-electron chi connectivity index (χ4n) is 2.97. The largest absolute Gasteiger partial charge is 0.322 e. The van der Waals surface area contributed by atoms with E-state index in [4.69, 9.17) is 0 Å². The summed E-state index contributed by atoms with van der Waals surface area (Å²) in [6.45, 7) is 0. The molecule has 0 spiro atoms. The molecule has 2 aromatic carbocycles. The van der Waals surface area contributed by atoms with Gasteiger partial charge in [-0.3, -0.25) is 4.79 Å². The molecule has 0 radical (unpaired) electrons. The molecule has 1 aliphatic rings. The summed E-state index contributed by atoms with van der Waals surface area (Å²) >= 11 is 0. The molecule has 0 atom stereocenters. The van der Waals surface area contributed by atoms with E-state index >= 15 is 0 Å². The van der Waals surface area contributed by atoms with E-state index in [0.29, 0.717) is 18.5 Å². The molecule has 24 heavy (non-hydrogen) atoms. The number of anilines is 1. The molecule has 3 rings (SSSR count). The van der Waals surface area contributed by atoms with Crippen molar-refractivity contribution >= 4 is 21.4 Å². The van der Waals surface area contributed by atoms with Gasteiger partial charge in [-0.2, -0.15) is 0 Å². The molecule has 0 aromatic heterocycles. The number of carbonyl (C=O) groups excluding carboxylic acids is 1. The second kappa shape index (κ2) is 6.73. The van der Waals surface area contributed by atoms with Crippen molar-refractivity contribution in [2.24, 2.45) is 0 Å². The Kier molecular flexibility index (Phi) is 4.66. The van der Waals surface area contributed by atoms with Gasteiger partial charge in [0, 0.05) is 11.3 Å². The van der Waals surface area contributed by atoms with Gasteiger partial charge in [-0.1, -0.05) is 25.0 Å². The van der Waals surface area contributed by atoms with Crippen molar-refractivity contribution in [2.75, 3.05) is 5.32 Å². The third-order valence-corrected chi connectivity index (χ3v) is 6.51. The average molecular weight is 347 g/mol. The Morgan fingerprint density at radius 3 is 2.46 bits per heavy atom. The van der Waals surface area contributed by atoms with Crippen LogP contribution >= 0.6 is 0 Å². The normalized spacial score (nSPS) is 15.4. The molecule has 1 amide bonds. The fraction of sp³-hybridized carbons (Fsp3) is 0.278. The summed E-state index contributed by atoms with van der Waals surface area (Å²) in [7, 11) is -3.38. The molecule has 1 saturated carbocycles. The molecule has 4 nitrogen and oxygen atoms in total. The quantitative estimate of drug-likeness (QED) is 0.915. The van der Waals surface area contributed by atoms with E-state index in [9.17, 15) is 17.6 Å². The standard InChI is InChI=1S/C18H18FNO3S/c19-14-6-3-5-13(11-14)18(21)20-15-7-4-10-17(12-15)24(22,23)16-8-1-2-9-16/h3-7,10-12,16H,1-2,8-9H2,(H,20,21). The van der Waals surface area contributed by atoms with E-state index in [0.717, 1.165) is 18.9 Å². The summed E-state index contributed by atoms with van der Waals surface area (Å²) in [5.74, 6) is -0.981. The van der Waals surface area contributed by atoms with E-state index in [1.807, 2.05) is 0 Å². The highest BCUT2D eigenvalue weighted by Gasteiger charge is 2.30. The molecule has 0 bridgehead atoms. The van der Waals surface area contributed by atoms with E-state index < -0.39 is 21.6 Å². The first kappa shape index (κ1) is 16.6. The van der Waals surface area contributed by atoms with Gasteiger partial charge >= 0.3 is 0 Å². The fourth-order valence-corrected chi connectivity index (χ4v) is 4.87. The molecule has 2 aromatic rings. The predicted molar refractivity (Wildman–Crippen MR) is 90.2 cm³/mol. The highest BCUT2D eigenvalue weighted by Crippen LogP contribution is 2.30. The molecule has 0 unspecified atom stereocenters. The number of hydrogen-bond acceptors (Lipinski definition) is 3. The molecule has 1 N–H and O–H groups in total. The number of benzene rings is 2. The Morgan fingerprint density at radius 2 is 1.75 bits per heavy atom. The highest BCUT2D eigenvalue weighted by atomic mass is 32.2. The third kappa shape index (κ3) is 3.48. The zero-order chi connectivity index (χ0) is 17.2. The lowest BCUT2D eigenvalue weighted by atomic mass is 10.2. The summed E-state index contributed by atoms with van der Waals surface area (Å²) < 4.78 is 38.4.